The van der Waals surface area contributed by atoms with E-state index in [1.54, 1.807) is 0 Å². The molecule has 6 heteroatoms. The van der Waals surface area contributed by atoms with Gasteiger partial charge in [-0.1, -0.05) is 259 Å². The van der Waals surface area contributed by atoms with Crippen LogP contribution in [0.2, 0.25) is 0 Å². The largest absolute Gasteiger partial charge is 0.462 e. The molecule has 0 rings (SSSR count). The highest BCUT2D eigenvalue weighted by Gasteiger charge is 2.19. The van der Waals surface area contributed by atoms with Gasteiger partial charge in [0.2, 0.25) is 0 Å². The molecule has 0 aromatic carbocycles. The highest BCUT2D eigenvalue weighted by atomic mass is 16.6. The van der Waals surface area contributed by atoms with Crippen molar-refractivity contribution >= 4 is 17.9 Å². The molecular weight excluding hydrogens is 745 g/mol. The summed E-state index contributed by atoms with van der Waals surface area (Å²) < 4.78 is 16.8. The molecule has 0 aromatic rings. The van der Waals surface area contributed by atoms with Crippen molar-refractivity contribution in [2.75, 3.05) is 13.2 Å². The van der Waals surface area contributed by atoms with Gasteiger partial charge < -0.3 is 14.2 Å². The maximum Gasteiger partial charge on any atom is 0.306 e. The van der Waals surface area contributed by atoms with E-state index in [-0.39, 0.29) is 31.1 Å². The molecule has 0 heterocycles. The average Bonchev–Trinajstić information content (AvgIpc) is 3.22. The van der Waals surface area contributed by atoms with Crippen LogP contribution in [0.1, 0.15) is 298 Å². The molecule has 0 unspecified atom stereocenters. The van der Waals surface area contributed by atoms with Crippen molar-refractivity contribution in [1.82, 2.24) is 0 Å². The maximum atomic E-state index is 12.8. The molecule has 0 radical (unpaired) electrons. The second kappa shape index (κ2) is 46.9. The lowest BCUT2D eigenvalue weighted by Gasteiger charge is -2.18. The first kappa shape index (κ1) is 58.4. The molecule has 0 spiro atoms. The molecular formula is C54H104O6. The highest BCUT2D eigenvalue weighted by molar-refractivity contribution is 5.71. The van der Waals surface area contributed by atoms with E-state index in [4.69, 9.17) is 14.2 Å². The monoisotopic (exact) mass is 849 g/mol. The SMILES string of the molecule is CCCCCCCCCCCCCCCCCC(=O)OC[C@H](COC(=O)CCCCCCCCCCCCCCCC(C)C)OC(=O)CCCCCCCCCCC(C)C. The first-order chi connectivity index (χ1) is 29.2. The van der Waals surface area contributed by atoms with Crippen LogP contribution in [0.4, 0.5) is 0 Å². The smallest absolute Gasteiger partial charge is 0.306 e. The van der Waals surface area contributed by atoms with Crippen molar-refractivity contribution in [2.24, 2.45) is 11.8 Å². The summed E-state index contributed by atoms with van der Waals surface area (Å²) in [5.41, 5.74) is 0. The molecule has 6 nitrogen and oxygen atoms in total. The molecule has 0 N–H and O–H groups in total. The number of hydrogen-bond donors (Lipinski definition) is 0. The zero-order valence-electron chi connectivity index (χ0n) is 41.1. The molecule has 60 heavy (non-hydrogen) atoms. The minimum absolute atomic E-state index is 0.0638. The summed E-state index contributed by atoms with van der Waals surface area (Å²) in [4.78, 5) is 38.0. The Hall–Kier alpha value is -1.59. The Labute approximate surface area is 374 Å². The number of esters is 3. The highest BCUT2D eigenvalue weighted by Crippen LogP contribution is 2.17. The van der Waals surface area contributed by atoms with Gasteiger partial charge in [0.15, 0.2) is 6.10 Å². The van der Waals surface area contributed by atoms with Crippen LogP contribution in [-0.4, -0.2) is 37.2 Å². The van der Waals surface area contributed by atoms with Crippen molar-refractivity contribution in [1.29, 1.82) is 0 Å². The van der Waals surface area contributed by atoms with Gasteiger partial charge in [-0.15, -0.1) is 0 Å². The Morgan fingerprint density at radius 1 is 0.317 bits per heavy atom. The minimum Gasteiger partial charge on any atom is -0.462 e. The quantitative estimate of drug-likeness (QED) is 0.0345. The number of hydrogen-bond acceptors (Lipinski definition) is 6. The molecule has 0 aliphatic heterocycles. The lowest BCUT2D eigenvalue weighted by Crippen LogP contribution is -2.30. The number of unbranched alkanes of at least 4 members (excludes halogenated alkanes) is 33. The van der Waals surface area contributed by atoms with E-state index < -0.39 is 6.10 Å². The molecule has 0 fully saturated rings. The third-order valence-electron chi connectivity index (χ3n) is 12.2. The van der Waals surface area contributed by atoms with Gasteiger partial charge in [-0.25, -0.2) is 0 Å². The predicted octanol–water partition coefficient (Wildman–Crippen LogP) is 17.3. The van der Waals surface area contributed by atoms with Crippen molar-refractivity contribution in [3.05, 3.63) is 0 Å². The summed E-state index contributed by atoms with van der Waals surface area (Å²) in [6, 6.07) is 0. The maximum absolute atomic E-state index is 12.8. The van der Waals surface area contributed by atoms with Crippen LogP contribution in [-0.2, 0) is 28.6 Å². The molecule has 0 saturated carbocycles. The van der Waals surface area contributed by atoms with E-state index in [1.165, 1.54) is 186 Å². The van der Waals surface area contributed by atoms with Crippen LogP contribution < -0.4 is 0 Å². The number of ether oxygens (including phenoxy) is 3. The van der Waals surface area contributed by atoms with E-state index in [2.05, 4.69) is 34.6 Å². The van der Waals surface area contributed by atoms with Crippen molar-refractivity contribution in [3.8, 4) is 0 Å². The van der Waals surface area contributed by atoms with Crippen LogP contribution in [0, 0.1) is 11.8 Å². The summed E-state index contributed by atoms with van der Waals surface area (Å²) in [7, 11) is 0. The summed E-state index contributed by atoms with van der Waals surface area (Å²) >= 11 is 0. The number of rotatable bonds is 48. The fraction of sp³-hybridized carbons (Fsp3) is 0.944. The number of carbonyl (C=O) groups excluding carboxylic acids is 3. The van der Waals surface area contributed by atoms with Gasteiger partial charge in [0, 0.05) is 19.3 Å². The summed E-state index contributed by atoms with van der Waals surface area (Å²) in [5.74, 6) is 0.786. The molecule has 0 aromatic heterocycles. The van der Waals surface area contributed by atoms with Crippen molar-refractivity contribution in [3.63, 3.8) is 0 Å². The molecule has 0 bridgehead atoms. The fourth-order valence-corrected chi connectivity index (χ4v) is 8.17. The zero-order chi connectivity index (χ0) is 44.0. The molecule has 0 saturated heterocycles. The third kappa shape index (κ3) is 47.5. The Kier molecular flexibility index (Phi) is 45.7. The van der Waals surface area contributed by atoms with E-state index in [1.807, 2.05) is 0 Å². The van der Waals surface area contributed by atoms with Crippen LogP contribution in [0.15, 0.2) is 0 Å². The van der Waals surface area contributed by atoms with Crippen LogP contribution >= 0.6 is 0 Å². The van der Waals surface area contributed by atoms with Crippen LogP contribution in [0.5, 0.6) is 0 Å². The molecule has 0 aliphatic rings. The first-order valence-electron chi connectivity index (χ1n) is 26.7. The van der Waals surface area contributed by atoms with Crippen LogP contribution in [0.3, 0.4) is 0 Å². The lowest BCUT2D eigenvalue weighted by atomic mass is 10.0. The molecule has 356 valence electrons. The average molecular weight is 849 g/mol. The summed E-state index contributed by atoms with van der Waals surface area (Å²) in [5, 5.41) is 0. The van der Waals surface area contributed by atoms with Gasteiger partial charge >= 0.3 is 17.9 Å². The normalized spacial score (nSPS) is 12.1. The van der Waals surface area contributed by atoms with E-state index in [0.717, 1.165) is 69.6 Å². The van der Waals surface area contributed by atoms with Gasteiger partial charge in [-0.2, -0.15) is 0 Å². The second-order valence-electron chi connectivity index (χ2n) is 19.5. The first-order valence-corrected chi connectivity index (χ1v) is 26.7. The Bertz CT molecular complexity index is 916. The van der Waals surface area contributed by atoms with E-state index in [9.17, 15) is 14.4 Å². The standard InChI is InChI=1S/C54H104O6/c1-6-7-8-9-10-11-12-13-14-17-20-23-29-34-39-44-52(55)58-47-51(60-54(57)46-41-36-31-26-25-28-33-38-43-50(4)5)48-59-53(56)45-40-35-30-24-21-18-15-16-19-22-27-32-37-42-49(2)3/h49-51H,6-48H2,1-5H3/t51-/m1/s1. The van der Waals surface area contributed by atoms with Gasteiger partial charge in [0.25, 0.3) is 0 Å². The van der Waals surface area contributed by atoms with Crippen LogP contribution in [0.25, 0.3) is 0 Å². The summed E-state index contributed by atoms with van der Waals surface area (Å²) in [6.07, 6.45) is 48.1. The third-order valence-corrected chi connectivity index (χ3v) is 12.2. The number of carbonyl (C=O) groups is 3. The zero-order valence-corrected chi connectivity index (χ0v) is 41.1. The summed E-state index contributed by atoms with van der Waals surface area (Å²) in [6.45, 7) is 11.4. The predicted molar refractivity (Wildman–Crippen MR) is 256 cm³/mol. The van der Waals surface area contributed by atoms with E-state index in [0.29, 0.717) is 19.3 Å². The van der Waals surface area contributed by atoms with Crippen molar-refractivity contribution < 1.29 is 28.6 Å². The van der Waals surface area contributed by atoms with Gasteiger partial charge in [-0.3, -0.25) is 14.4 Å². The molecule has 0 amide bonds. The topological polar surface area (TPSA) is 78.9 Å². The minimum atomic E-state index is -0.762. The molecule has 1 atom stereocenters. The fourth-order valence-electron chi connectivity index (χ4n) is 8.17. The van der Waals surface area contributed by atoms with Gasteiger partial charge in [0.05, 0.1) is 0 Å². The van der Waals surface area contributed by atoms with Gasteiger partial charge in [0.1, 0.15) is 13.2 Å². The van der Waals surface area contributed by atoms with Gasteiger partial charge in [-0.05, 0) is 31.1 Å². The second-order valence-corrected chi connectivity index (χ2v) is 19.5. The van der Waals surface area contributed by atoms with E-state index >= 15 is 0 Å². The lowest BCUT2D eigenvalue weighted by molar-refractivity contribution is -0.167. The Morgan fingerprint density at radius 3 is 0.817 bits per heavy atom. The van der Waals surface area contributed by atoms with Crippen molar-refractivity contribution in [2.45, 2.75) is 304 Å². The Morgan fingerprint density at radius 2 is 0.550 bits per heavy atom. The molecule has 0 aliphatic carbocycles. The Balaban J connectivity index is 4.28.